The van der Waals surface area contributed by atoms with Crippen LogP contribution in [0.15, 0.2) is 67.5 Å². The van der Waals surface area contributed by atoms with E-state index in [1.165, 1.54) is 18.5 Å². The minimum Gasteiger partial charge on any atom is -0.379 e. The maximum atomic E-state index is 13.4. The molecular weight excluding hydrogens is 379 g/mol. The first-order valence-electron chi connectivity index (χ1n) is 8.53. The van der Waals surface area contributed by atoms with Crippen molar-refractivity contribution in [2.24, 2.45) is 0 Å². The van der Waals surface area contributed by atoms with E-state index in [4.69, 9.17) is 11.6 Å². The van der Waals surface area contributed by atoms with Crippen LogP contribution in [0.1, 0.15) is 5.69 Å². The van der Waals surface area contributed by atoms with Gasteiger partial charge >= 0.3 is 0 Å². The van der Waals surface area contributed by atoms with Crippen LogP contribution in [-0.2, 0) is 6.54 Å². The number of para-hydroxylation sites is 1. The Morgan fingerprint density at radius 2 is 1.93 bits per heavy atom. The summed E-state index contributed by atoms with van der Waals surface area (Å²) in [5, 5.41) is 6.63. The van der Waals surface area contributed by atoms with E-state index in [0.29, 0.717) is 18.1 Å². The third kappa shape index (κ3) is 3.94. The van der Waals surface area contributed by atoms with Crippen molar-refractivity contribution in [3.8, 4) is 11.1 Å². The molecule has 0 amide bonds. The quantitative estimate of drug-likeness (QED) is 0.428. The largest absolute Gasteiger partial charge is 0.379 e. The lowest BCUT2D eigenvalue weighted by Gasteiger charge is -2.15. The number of benzene rings is 2. The van der Waals surface area contributed by atoms with Gasteiger partial charge in [-0.25, -0.2) is 19.3 Å². The van der Waals surface area contributed by atoms with Crippen LogP contribution < -0.4 is 10.6 Å². The van der Waals surface area contributed by atoms with Crippen LogP contribution in [0.4, 0.5) is 21.6 Å². The molecule has 0 atom stereocenters. The van der Waals surface area contributed by atoms with Crippen molar-refractivity contribution in [3.63, 3.8) is 0 Å². The molecule has 0 saturated carbocycles. The van der Waals surface area contributed by atoms with Gasteiger partial charge in [-0.1, -0.05) is 29.8 Å². The molecule has 0 unspecified atom stereocenters. The Morgan fingerprint density at radius 1 is 1.04 bits per heavy atom. The number of anilines is 3. The lowest BCUT2D eigenvalue weighted by molar-refractivity contribution is 0.628. The van der Waals surface area contributed by atoms with Crippen LogP contribution in [0, 0.1) is 5.82 Å². The van der Waals surface area contributed by atoms with Crippen LogP contribution in [0.5, 0.6) is 0 Å². The highest BCUT2D eigenvalue weighted by Crippen LogP contribution is 2.33. The van der Waals surface area contributed by atoms with E-state index < -0.39 is 5.82 Å². The Kier molecular flexibility index (Phi) is 5.16. The summed E-state index contributed by atoms with van der Waals surface area (Å²) in [5.74, 6) is 0.122. The Morgan fingerprint density at radius 3 is 2.75 bits per heavy atom. The molecular formula is C20H16ClFN6. The monoisotopic (exact) mass is 394 g/mol. The number of aromatic nitrogens is 4. The maximum Gasteiger partial charge on any atom is 0.141 e. The number of halogens is 2. The van der Waals surface area contributed by atoms with Gasteiger partial charge in [0.25, 0.3) is 0 Å². The summed E-state index contributed by atoms with van der Waals surface area (Å²) in [6, 6.07) is 12.3. The fraction of sp³-hybridized carbons (Fsp3) is 0.0500. The molecule has 140 valence electrons. The molecule has 4 aromatic rings. The number of rotatable bonds is 6. The van der Waals surface area contributed by atoms with Crippen molar-refractivity contribution >= 4 is 28.8 Å². The highest BCUT2D eigenvalue weighted by Gasteiger charge is 2.12. The number of nitrogens with zero attached hydrogens (tertiary/aromatic N) is 3. The van der Waals surface area contributed by atoms with Gasteiger partial charge in [0, 0.05) is 34.9 Å². The zero-order chi connectivity index (χ0) is 19.3. The number of H-pyrrole nitrogens is 1. The molecule has 0 saturated heterocycles. The second kappa shape index (κ2) is 8.06. The molecule has 0 fully saturated rings. The van der Waals surface area contributed by atoms with Crippen molar-refractivity contribution < 1.29 is 4.39 Å². The van der Waals surface area contributed by atoms with E-state index in [1.807, 2.05) is 24.3 Å². The van der Waals surface area contributed by atoms with Crippen molar-refractivity contribution in [1.82, 2.24) is 19.9 Å². The summed E-state index contributed by atoms with van der Waals surface area (Å²) in [6.45, 7) is 0.598. The zero-order valence-corrected chi connectivity index (χ0v) is 15.4. The fourth-order valence-electron chi connectivity index (χ4n) is 2.78. The van der Waals surface area contributed by atoms with Crippen LogP contribution in [0.25, 0.3) is 11.1 Å². The fourth-order valence-corrected chi connectivity index (χ4v) is 2.96. The van der Waals surface area contributed by atoms with Gasteiger partial charge in [0.2, 0.25) is 0 Å². The normalized spacial score (nSPS) is 10.6. The first-order chi connectivity index (χ1) is 13.7. The first kappa shape index (κ1) is 17.9. The van der Waals surface area contributed by atoms with Gasteiger partial charge in [-0.3, -0.25) is 0 Å². The standard InChI is InChI=1S/C20H16ClFN6/c21-17-7-13(5-6-18(17)22)28-20-16(10-24-12-27-20)15-3-1-2-4-19(15)25-9-14-8-23-11-26-14/h1-8,10-12,25H,9H2,(H,23,26)(H,24,27,28). The van der Waals surface area contributed by atoms with Gasteiger partial charge in [-0.05, 0) is 24.3 Å². The van der Waals surface area contributed by atoms with E-state index in [9.17, 15) is 4.39 Å². The zero-order valence-electron chi connectivity index (χ0n) is 14.7. The van der Waals surface area contributed by atoms with Crippen LogP contribution in [0.3, 0.4) is 0 Å². The van der Waals surface area contributed by atoms with E-state index in [-0.39, 0.29) is 5.02 Å². The van der Waals surface area contributed by atoms with E-state index in [0.717, 1.165) is 22.5 Å². The molecule has 2 heterocycles. The summed E-state index contributed by atoms with van der Waals surface area (Å²) >= 11 is 5.89. The molecule has 0 aliphatic heterocycles. The molecule has 4 rings (SSSR count). The number of nitrogens with one attached hydrogen (secondary N) is 3. The molecule has 0 aliphatic rings. The summed E-state index contributed by atoms with van der Waals surface area (Å²) in [7, 11) is 0. The van der Waals surface area contributed by atoms with Crippen LogP contribution >= 0.6 is 11.6 Å². The number of aromatic amines is 1. The maximum absolute atomic E-state index is 13.4. The Bertz CT molecular complexity index is 1080. The average molecular weight is 395 g/mol. The molecule has 0 spiro atoms. The number of hydrogen-bond acceptors (Lipinski definition) is 5. The third-order valence-electron chi connectivity index (χ3n) is 4.14. The van der Waals surface area contributed by atoms with Gasteiger partial charge in [-0.15, -0.1) is 0 Å². The predicted molar refractivity (Wildman–Crippen MR) is 108 cm³/mol. The smallest absolute Gasteiger partial charge is 0.141 e. The van der Waals surface area contributed by atoms with E-state index in [1.54, 1.807) is 24.8 Å². The topological polar surface area (TPSA) is 78.5 Å². The number of hydrogen-bond donors (Lipinski definition) is 3. The Hall–Kier alpha value is -3.45. The SMILES string of the molecule is Fc1ccc(Nc2ncncc2-c2ccccc2NCc2cnc[nH]2)cc1Cl. The summed E-state index contributed by atoms with van der Waals surface area (Å²) in [4.78, 5) is 15.6. The molecule has 8 heteroatoms. The average Bonchev–Trinajstić information content (AvgIpc) is 3.24. The molecule has 0 bridgehead atoms. The van der Waals surface area contributed by atoms with E-state index >= 15 is 0 Å². The van der Waals surface area contributed by atoms with Crippen molar-refractivity contribution in [2.45, 2.75) is 6.54 Å². The molecule has 2 aromatic carbocycles. The van der Waals surface area contributed by atoms with Gasteiger partial charge in [-0.2, -0.15) is 0 Å². The van der Waals surface area contributed by atoms with Gasteiger partial charge in [0.05, 0.1) is 23.6 Å². The van der Waals surface area contributed by atoms with Gasteiger partial charge in [0.15, 0.2) is 0 Å². The van der Waals surface area contributed by atoms with E-state index in [2.05, 4.69) is 30.6 Å². The summed E-state index contributed by atoms with van der Waals surface area (Å²) in [6.07, 6.45) is 6.60. The minimum atomic E-state index is -0.469. The molecule has 6 nitrogen and oxygen atoms in total. The molecule has 0 aliphatic carbocycles. The van der Waals surface area contributed by atoms with Crippen LogP contribution in [0.2, 0.25) is 5.02 Å². The third-order valence-corrected chi connectivity index (χ3v) is 4.43. The summed E-state index contributed by atoms with van der Waals surface area (Å²) < 4.78 is 13.4. The number of imidazole rings is 1. The lowest BCUT2D eigenvalue weighted by atomic mass is 10.1. The molecule has 3 N–H and O–H groups in total. The minimum absolute atomic E-state index is 0.0437. The van der Waals surface area contributed by atoms with Crippen molar-refractivity contribution in [3.05, 3.63) is 84.0 Å². The Labute approximate surface area is 165 Å². The highest BCUT2D eigenvalue weighted by molar-refractivity contribution is 6.31. The second-order valence-corrected chi connectivity index (χ2v) is 6.42. The molecule has 28 heavy (non-hydrogen) atoms. The van der Waals surface area contributed by atoms with Crippen molar-refractivity contribution in [2.75, 3.05) is 10.6 Å². The molecule has 0 radical (unpaired) electrons. The van der Waals surface area contributed by atoms with Crippen molar-refractivity contribution in [1.29, 1.82) is 0 Å². The Balaban J connectivity index is 1.65. The molecule has 2 aromatic heterocycles. The van der Waals surface area contributed by atoms with Gasteiger partial charge < -0.3 is 15.6 Å². The predicted octanol–water partition coefficient (Wildman–Crippen LogP) is 5.01. The second-order valence-electron chi connectivity index (χ2n) is 6.01. The lowest BCUT2D eigenvalue weighted by Crippen LogP contribution is -2.03. The summed E-state index contributed by atoms with van der Waals surface area (Å²) in [5.41, 5.74) is 4.26. The van der Waals surface area contributed by atoms with Crippen LogP contribution in [-0.4, -0.2) is 19.9 Å². The highest BCUT2D eigenvalue weighted by atomic mass is 35.5. The van der Waals surface area contributed by atoms with Gasteiger partial charge in [0.1, 0.15) is 18.0 Å². The first-order valence-corrected chi connectivity index (χ1v) is 8.91.